The number of hydrogen-bond acceptors (Lipinski definition) is 3. The van der Waals surface area contributed by atoms with E-state index in [2.05, 4.69) is 4.98 Å². The van der Waals surface area contributed by atoms with Crippen molar-refractivity contribution in [3.05, 3.63) is 72.6 Å². The lowest BCUT2D eigenvalue weighted by Gasteiger charge is -2.00. The first-order valence-corrected chi connectivity index (χ1v) is 6.40. The minimum atomic E-state index is -0.358. The van der Waals surface area contributed by atoms with Gasteiger partial charge in [-0.05, 0) is 41.4 Å². The molecule has 0 aliphatic heterocycles. The second-order valence-corrected chi connectivity index (χ2v) is 4.53. The molecule has 0 unspecified atom stereocenters. The van der Waals surface area contributed by atoms with Gasteiger partial charge in [0.1, 0.15) is 5.82 Å². The maximum absolute atomic E-state index is 12.8. The summed E-state index contributed by atoms with van der Waals surface area (Å²) < 4.78 is 19.7. The van der Waals surface area contributed by atoms with Gasteiger partial charge in [0.15, 0.2) is 12.3 Å². The van der Waals surface area contributed by atoms with Crippen LogP contribution in [0.15, 0.2) is 65.7 Å². The fourth-order valence-electron chi connectivity index (χ4n) is 1.94. The number of benzene rings is 1. The summed E-state index contributed by atoms with van der Waals surface area (Å²) in [5.41, 5.74) is 1.17. The van der Waals surface area contributed by atoms with E-state index in [0.717, 1.165) is 0 Å². The Morgan fingerprint density at radius 1 is 1.19 bits per heavy atom. The van der Waals surface area contributed by atoms with Crippen LogP contribution in [0.2, 0.25) is 0 Å². The number of nitrogens with zero attached hydrogens (tertiary/aromatic N) is 2. The number of hydrogen-bond donors (Lipinski definition) is 0. The Labute approximate surface area is 120 Å². The van der Waals surface area contributed by atoms with Crippen molar-refractivity contribution in [3.8, 4) is 11.5 Å². The summed E-state index contributed by atoms with van der Waals surface area (Å²) in [5.74, 6) is 0.211. The van der Waals surface area contributed by atoms with Gasteiger partial charge in [-0.1, -0.05) is 0 Å². The molecular formula is C16H12FN2O2+. The van der Waals surface area contributed by atoms with E-state index < -0.39 is 0 Å². The number of ketones is 1. The monoisotopic (exact) mass is 283 g/mol. The highest BCUT2D eigenvalue weighted by molar-refractivity contribution is 5.94. The van der Waals surface area contributed by atoms with Crippen LogP contribution in [0.4, 0.5) is 4.39 Å². The number of halogens is 1. The van der Waals surface area contributed by atoms with Crippen LogP contribution in [0.25, 0.3) is 11.5 Å². The molecule has 0 fully saturated rings. The van der Waals surface area contributed by atoms with Crippen LogP contribution in [-0.4, -0.2) is 10.8 Å². The van der Waals surface area contributed by atoms with Gasteiger partial charge in [-0.25, -0.2) is 8.96 Å². The molecule has 0 amide bonds. The highest BCUT2D eigenvalue weighted by atomic mass is 19.1. The molecule has 0 radical (unpaired) electrons. The average molecular weight is 283 g/mol. The third kappa shape index (κ3) is 3.02. The highest BCUT2D eigenvalue weighted by Crippen LogP contribution is 2.14. The molecule has 0 spiro atoms. The lowest BCUT2D eigenvalue weighted by Crippen LogP contribution is -2.37. The molecule has 0 bridgehead atoms. The number of aromatic nitrogens is 2. The normalized spacial score (nSPS) is 10.5. The van der Waals surface area contributed by atoms with Gasteiger partial charge in [0.05, 0.1) is 12.5 Å². The van der Waals surface area contributed by atoms with Gasteiger partial charge >= 0.3 is 0 Å². The number of furan rings is 1. The van der Waals surface area contributed by atoms with Crippen molar-refractivity contribution >= 4 is 5.78 Å². The summed E-state index contributed by atoms with van der Waals surface area (Å²) in [4.78, 5) is 16.3. The van der Waals surface area contributed by atoms with E-state index in [1.807, 2.05) is 6.07 Å². The van der Waals surface area contributed by atoms with E-state index in [-0.39, 0.29) is 18.1 Å². The predicted molar refractivity (Wildman–Crippen MR) is 72.9 cm³/mol. The van der Waals surface area contributed by atoms with E-state index in [1.54, 1.807) is 35.5 Å². The molecule has 4 nitrogen and oxygen atoms in total. The SMILES string of the molecule is O=C(C[n+]1ccc(-c2ccco2)nc1)c1ccc(F)cc1. The van der Waals surface area contributed by atoms with E-state index in [1.165, 1.54) is 24.3 Å². The number of carbonyl (C=O) groups is 1. The third-order valence-electron chi connectivity index (χ3n) is 3.04. The first kappa shape index (κ1) is 13.2. The topological polar surface area (TPSA) is 47.0 Å². The Morgan fingerprint density at radius 2 is 2.00 bits per heavy atom. The maximum atomic E-state index is 12.8. The molecular weight excluding hydrogens is 271 g/mol. The Morgan fingerprint density at radius 3 is 2.62 bits per heavy atom. The van der Waals surface area contributed by atoms with E-state index in [9.17, 15) is 9.18 Å². The van der Waals surface area contributed by atoms with Crippen LogP contribution in [0.1, 0.15) is 10.4 Å². The van der Waals surface area contributed by atoms with Crippen LogP contribution < -0.4 is 4.57 Å². The second-order valence-electron chi connectivity index (χ2n) is 4.53. The van der Waals surface area contributed by atoms with Crippen molar-refractivity contribution in [2.24, 2.45) is 0 Å². The fraction of sp³-hybridized carbons (Fsp3) is 0.0625. The van der Waals surface area contributed by atoms with E-state index in [4.69, 9.17) is 4.42 Å². The lowest BCUT2D eigenvalue weighted by atomic mass is 10.1. The van der Waals surface area contributed by atoms with Crippen LogP contribution in [-0.2, 0) is 6.54 Å². The van der Waals surface area contributed by atoms with Gasteiger partial charge in [-0.3, -0.25) is 4.79 Å². The first-order chi connectivity index (χ1) is 10.2. The molecule has 0 atom stereocenters. The summed E-state index contributed by atoms with van der Waals surface area (Å²) in [6, 6.07) is 10.9. The zero-order valence-corrected chi connectivity index (χ0v) is 11.1. The van der Waals surface area contributed by atoms with Crippen LogP contribution in [0.3, 0.4) is 0 Å². The Balaban J connectivity index is 1.73. The number of Topliss-reactive ketones (excluding diaryl/α,β-unsaturated/α-hetero) is 1. The summed E-state index contributed by atoms with van der Waals surface area (Å²) in [6.07, 6.45) is 4.90. The predicted octanol–water partition coefficient (Wildman–Crippen LogP) is 2.65. The number of carbonyl (C=O) groups excluding carboxylic acids is 1. The maximum Gasteiger partial charge on any atom is 0.287 e. The van der Waals surface area contributed by atoms with Gasteiger partial charge in [-0.2, -0.15) is 0 Å². The average Bonchev–Trinajstić information content (AvgIpc) is 3.03. The van der Waals surface area contributed by atoms with Crippen molar-refractivity contribution in [2.45, 2.75) is 6.54 Å². The summed E-state index contributed by atoms with van der Waals surface area (Å²) in [5, 5.41) is 0. The lowest BCUT2D eigenvalue weighted by molar-refractivity contribution is -0.686. The zero-order valence-electron chi connectivity index (χ0n) is 11.1. The molecule has 0 N–H and O–H groups in total. The fourth-order valence-corrected chi connectivity index (χ4v) is 1.94. The van der Waals surface area contributed by atoms with Crippen molar-refractivity contribution < 1.29 is 18.2 Å². The van der Waals surface area contributed by atoms with Crippen molar-refractivity contribution in [1.29, 1.82) is 0 Å². The third-order valence-corrected chi connectivity index (χ3v) is 3.04. The Bertz CT molecular complexity index is 735. The van der Waals surface area contributed by atoms with Crippen molar-refractivity contribution in [2.75, 3.05) is 0 Å². The highest BCUT2D eigenvalue weighted by Gasteiger charge is 2.12. The molecule has 21 heavy (non-hydrogen) atoms. The molecule has 104 valence electrons. The minimum Gasteiger partial charge on any atom is -0.460 e. The molecule has 2 aromatic heterocycles. The molecule has 0 aliphatic carbocycles. The van der Waals surface area contributed by atoms with E-state index >= 15 is 0 Å². The number of rotatable bonds is 4. The molecule has 1 aromatic carbocycles. The van der Waals surface area contributed by atoms with Gasteiger partial charge in [0, 0.05) is 11.6 Å². The van der Waals surface area contributed by atoms with E-state index in [0.29, 0.717) is 17.0 Å². The Kier molecular flexibility index (Phi) is 3.55. The minimum absolute atomic E-state index is 0.104. The van der Waals surface area contributed by atoms with Crippen molar-refractivity contribution in [3.63, 3.8) is 0 Å². The Hall–Kier alpha value is -2.82. The molecule has 0 saturated heterocycles. The molecule has 3 rings (SSSR count). The molecule has 0 saturated carbocycles. The van der Waals surface area contributed by atoms with Gasteiger partial charge < -0.3 is 4.42 Å². The van der Waals surface area contributed by atoms with Crippen molar-refractivity contribution in [1.82, 2.24) is 4.98 Å². The smallest absolute Gasteiger partial charge is 0.287 e. The summed E-state index contributed by atoms with van der Waals surface area (Å²) in [7, 11) is 0. The summed E-state index contributed by atoms with van der Waals surface area (Å²) >= 11 is 0. The zero-order chi connectivity index (χ0) is 14.7. The quantitative estimate of drug-likeness (QED) is 0.546. The first-order valence-electron chi connectivity index (χ1n) is 6.40. The van der Waals surface area contributed by atoms with Crippen LogP contribution in [0.5, 0.6) is 0 Å². The van der Waals surface area contributed by atoms with Gasteiger partial charge in [0.2, 0.25) is 11.5 Å². The van der Waals surface area contributed by atoms with Crippen LogP contribution >= 0.6 is 0 Å². The van der Waals surface area contributed by atoms with Gasteiger partial charge in [0.25, 0.3) is 6.33 Å². The largest absolute Gasteiger partial charge is 0.460 e. The standard InChI is InChI=1S/C16H12FN2O2/c17-13-5-3-12(4-6-13)15(20)10-19-8-7-14(18-11-19)16-2-1-9-21-16/h1-9,11H,10H2/q+1. The molecule has 0 aliphatic rings. The second kappa shape index (κ2) is 5.66. The van der Waals surface area contributed by atoms with Crippen LogP contribution in [0, 0.1) is 5.82 Å². The summed E-state index contributed by atoms with van der Waals surface area (Å²) in [6.45, 7) is 0.150. The molecule has 5 heteroatoms. The molecule has 3 aromatic rings. The molecule has 2 heterocycles. The van der Waals surface area contributed by atoms with Gasteiger partial charge in [-0.15, -0.1) is 0 Å².